The summed E-state index contributed by atoms with van der Waals surface area (Å²) in [7, 11) is -6.68. The fourth-order valence-corrected chi connectivity index (χ4v) is 5.37. The highest BCUT2D eigenvalue weighted by Crippen LogP contribution is 2.24. The minimum absolute atomic E-state index is 0.0734. The molecule has 3 aromatic rings. The van der Waals surface area contributed by atoms with Crippen LogP contribution in [0.5, 0.6) is 0 Å². The molecule has 0 fully saturated rings. The van der Waals surface area contributed by atoms with Gasteiger partial charge in [0.25, 0.3) is 10.0 Å². The van der Waals surface area contributed by atoms with Gasteiger partial charge < -0.3 is 10.2 Å². The van der Waals surface area contributed by atoms with Gasteiger partial charge in [0.2, 0.25) is 9.84 Å². The zero-order valence-electron chi connectivity index (χ0n) is 18.3. The summed E-state index contributed by atoms with van der Waals surface area (Å²) in [6, 6.07) is 18.0. The van der Waals surface area contributed by atoms with Crippen LogP contribution in [0.15, 0.2) is 87.5 Å². The van der Waals surface area contributed by atoms with E-state index in [2.05, 4.69) is 15.0 Å². The predicted molar refractivity (Wildman–Crippen MR) is 124 cm³/mol. The highest BCUT2D eigenvalue weighted by atomic mass is 32.2. The number of sulfone groups is 1. The molecule has 0 aliphatic rings. The second-order valence-electron chi connectivity index (χ2n) is 7.47. The van der Waals surface area contributed by atoms with Crippen LogP contribution in [0.1, 0.15) is 35.7 Å². The van der Waals surface area contributed by atoms with E-state index in [1.165, 1.54) is 48.5 Å². The summed E-state index contributed by atoms with van der Waals surface area (Å²) in [5.74, 6) is -0.498. The van der Waals surface area contributed by atoms with Crippen LogP contribution in [0.25, 0.3) is 0 Å². The van der Waals surface area contributed by atoms with Crippen molar-refractivity contribution >= 4 is 31.5 Å². The van der Waals surface area contributed by atoms with Gasteiger partial charge in [0.05, 0.1) is 27.4 Å². The molecule has 174 valence electrons. The number of nitrogens with one attached hydrogen (secondary N) is 2. The van der Waals surface area contributed by atoms with Gasteiger partial charge in [-0.15, -0.1) is 4.83 Å². The molecule has 0 unspecified atom stereocenters. The monoisotopic (exact) mass is 488 g/mol. The normalized spacial score (nSPS) is 11.9. The van der Waals surface area contributed by atoms with Crippen molar-refractivity contribution in [1.82, 2.24) is 4.83 Å². The number of sulfonamides is 1. The Balaban J connectivity index is 1.77. The summed E-state index contributed by atoms with van der Waals surface area (Å²) >= 11 is 0. The smallest absolute Gasteiger partial charge is 0.339 e. The molecule has 0 atom stereocenters. The number of carbonyl (C=O) groups excluding carboxylic acids is 1. The van der Waals surface area contributed by atoms with Gasteiger partial charge in [-0.3, -0.25) is 0 Å². The number of hydrogen-bond acceptors (Lipinski definition) is 7. The Morgan fingerprint density at radius 2 is 1.36 bits per heavy atom. The third-order valence-corrected chi connectivity index (χ3v) is 8.02. The van der Waals surface area contributed by atoms with E-state index in [9.17, 15) is 21.6 Å². The number of esters is 1. The van der Waals surface area contributed by atoms with Crippen LogP contribution in [-0.4, -0.2) is 29.9 Å². The molecule has 0 aromatic heterocycles. The molecule has 0 aliphatic carbocycles. The minimum Gasteiger partial charge on any atom is -0.465 e. The Bertz CT molecular complexity index is 1350. The van der Waals surface area contributed by atoms with Crippen molar-refractivity contribution in [3.63, 3.8) is 0 Å². The first kappa shape index (κ1) is 24.4. The van der Waals surface area contributed by atoms with E-state index in [1.54, 1.807) is 24.3 Å². The number of hydrogen-bond donors (Lipinski definition) is 2. The van der Waals surface area contributed by atoms with E-state index in [0.717, 1.165) is 12.7 Å². The number of ether oxygens (including phenoxy) is 1. The van der Waals surface area contributed by atoms with Crippen molar-refractivity contribution < 1.29 is 26.4 Å². The molecule has 0 amide bonds. The second-order valence-corrected chi connectivity index (χ2v) is 11.1. The first-order chi connectivity index (χ1) is 15.6. The van der Waals surface area contributed by atoms with E-state index in [-0.39, 0.29) is 26.2 Å². The number of anilines is 1. The molecule has 0 heterocycles. The number of hydrazine groups is 1. The first-order valence-electron chi connectivity index (χ1n) is 9.96. The summed E-state index contributed by atoms with van der Waals surface area (Å²) in [5.41, 5.74) is 3.75. The molecular weight excluding hydrogens is 464 g/mol. The van der Waals surface area contributed by atoms with Crippen molar-refractivity contribution in [2.24, 2.45) is 0 Å². The van der Waals surface area contributed by atoms with E-state index in [0.29, 0.717) is 5.69 Å². The Morgan fingerprint density at radius 3 is 1.91 bits per heavy atom. The maximum Gasteiger partial charge on any atom is 0.339 e. The van der Waals surface area contributed by atoms with Crippen LogP contribution in [0.2, 0.25) is 0 Å². The molecule has 0 bridgehead atoms. The van der Waals surface area contributed by atoms with Crippen LogP contribution in [0, 0.1) is 0 Å². The predicted octanol–water partition coefficient (Wildman–Crippen LogP) is 3.73. The van der Waals surface area contributed by atoms with Crippen LogP contribution >= 0.6 is 0 Å². The Hall–Kier alpha value is -3.21. The number of carbonyl (C=O) groups is 1. The fraction of sp³-hybridized carbons (Fsp3) is 0.174. The van der Waals surface area contributed by atoms with Crippen LogP contribution in [-0.2, 0) is 24.6 Å². The zero-order chi connectivity index (χ0) is 24.2. The summed E-state index contributed by atoms with van der Waals surface area (Å²) in [5, 5.41) is 0. The minimum atomic E-state index is -4.12. The van der Waals surface area contributed by atoms with E-state index >= 15 is 0 Å². The summed E-state index contributed by atoms with van der Waals surface area (Å²) in [6.45, 7) is 4.05. The van der Waals surface area contributed by atoms with Gasteiger partial charge in [0.15, 0.2) is 0 Å². The molecule has 0 radical (unpaired) electrons. The van der Waals surface area contributed by atoms with Gasteiger partial charge in [0.1, 0.15) is 0 Å². The molecule has 0 aliphatic heterocycles. The number of rotatable bonds is 8. The van der Waals surface area contributed by atoms with E-state index < -0.39 is 25.8 Å². The van der Waals surface area contributed by atoms with Gasteiger partial charge in [-0.2, -0.15) is 0 Å². The Morgan fingerprint density at radius 1 is 0.818 bits per heavy atom. The Kier molecular flexibility index (Phi) is 7.21. The SMILES string of the molecule is COC(=O)c1ccccc1S(=O)(=O)NNc1ccc(S(=O)(=O)c2ccc(C(C)C)cc2)cc1. The summed E-state index contributed by atoms with van der Waals surface area (Å²) in [4.78, 5) is 14.0. The number of methoxy groups -OCH3 is 1. The largest absolute Gasteiger partial charge is 0.465 e. The van der Waals surface area contributed by atoms with E-state index in [4.69, 9.17) is 0 Å². The lowest BCUT2D eigenvalue weighted by Crippen LogP contribution is -2.30. The average molecular weight is 489 g/mol. The summed E-state index contributed by atoms with van der Waals surface area (Å²) < 4.78 is 55.7. The molecule has 2 N–H and O–H groups in total. The van der Waals surface area contributed by atoms with Crippen LogP contribution < -0.4 is 10.3 Å². The topological polar surface area (TPSA) is 119 Å². The molecule has 0 saturated heterocycles. The van der Waals surface area contributed by atoms with Gasteiger partial charge >= 0.3 is 5.97 Å². The van der Waals surface area contributed by atoms with E-state index in [1.807, 2.05) is 13.8 Å². The standard InChI is InChI=1S/C23H24N2O6S2/c1-16(2)17-8-12-19(13-9-17)32(27,28)20-14-10-18(11-15-20)24-25-33(29,30)22-7-5-4-6-21(22)23(26)31-3/h4-16,24-25H,1-3H3. The molecule has 0 spiro atoms. The zero-order valence-corrected chi connectivity index (χ0v) is 19.9. The molecule has 3 rings (SSSR count). The van der Waals surface area contributed by atoms with Crippen molar-refractivity contribution in [2.75, 3.05) is 12.5 Å². The molecule has 3 aromatic carbocycles. The highest BCUT2D eigenvalue weighted by Gasteiger charge is 2.23. The average Bonchev–Trinajstić information content (AvgIpc) is 2.82. The molecular formula is C23H24N2O6S2. The lowest BCUT2D eigenvalue weighted by atomic mass is 10.0. The van der Waals surface area contributed by atoms with Crippen molar-refractivity contribution in [3.05, 3.63) is 83.9 Å². The van der Waals surface area contributed by atoms with Gasteiger partial charge in [-0.05, 0) is 60.0 Å². The maximum atomic E-state index is 12.9. The fourth-order valence-electron chi connectivity index (χ4n) is 3.05. The van der Waals surface area contributed by atoms with Gasteiger partial charge in [0, 0.05) is 5.69 Å². The third-order valence-electron chi connectivity index (χ3n) is 4.93. The van der Waals surface area contributed by atoms with Crippen molar-refractivity contribution in [2.45, 2.75) is 34.5 Å². The lowest BCUT2D eigenvalue weighted by molar-refractivity contribution is 0.0596. The number of benzene rings is 3. The van der Waals surface area contributed by atoms with Crippen LogP contribution in [0.4, 0.5) is 5.69 Å². The second kappa shape index (κ2) is 9.74. The molecule has 33 heavy (non-hydrogen) atoms. The highest BCUT2D eigenvalue weighted by molar-refractivity contribution is 7.91. The van der Waals surface area contributed by atoms with Gasteiger partial charge in [-0.1, -0.05) is 38.1 Å². The molecule has 10 heteroatoms. The van der Waals surface area contributed by atoms with Crippen molar-refractivity contribution in [3.8, 4) is 0 Å². The van der Waals surface area contributed by atoms with Crippen molar-refractivity contribution in [1.29, 1.82) is 0 Å². The first-order valence-corrected chi connectivity index (χ1v) is 12.9. The third kappa shape index (κ3) is 5.41. The maximum absolute atomic E-state index is 12.9. The summed E-state index contributed by atoms with van der Waals surface area (Å²) in [6.07, 6.45) is 0. The molecule has 0 saturated carbocycles. The van der Waals surface area contributed by atoms with Gasteiger partial charge in [-0.25, -0.2) is 21.6 Å². The molecule has 8 nitrogen and oxygen atoms in total. The Labute approximate surface area is 193 Å². The lowest BCUT2D eigenvalue weighted by Gasteiger charge is -2.12. The quantitative estimate of drug-likeness (QED) is 0.366. The van der Waals surface area contributed by atoms with Crippen LogP contribution in [0.3, 0.4) is 0 Å².